The molecular weight excluding hydrogens is 379 g/mol. The van der Waals surface area contributed by atoms with E-state index < -0.39 is 0 Å². The molecule has 1 fully saturated rings. The highest BCUT2D eigenvalue weighted by Gasteiger charge is 2.18. The van der Waals surface area contributed by atoms with Crippen molar-refractivity contribution in [3.63, 3.8) is 0 Å². The SMILES string of the molecule is C#CCN1CCN(CCOC(c2ccc(Cl)cc2)c2ccc(Cl)cc2)CC1. The van der Waals surface area contributed by atoms with Crippen molar-refractivity contribution in [2.75, 3.05) is 45.9 Å². The molecule has 0 atom stereocenters. The quantitative estimate of drug-likeness (QED) is 0.640. The van der Waals surface area contributed by atoms with Gasteiger partial charge in [0.2, 0.25) is 0 Å². The lowest BCUT2D eigenvalue weighted by Crippen LogP contribution is -2.47. The average molecular weight is 403 g/mol. The van der Waals surface area contributed by atoms with Gasteiger partial charge in [0.25, 0.3) is 0 Å². The van der Waals surface area contributed by atoms with E-state index in [1.807, 2.05) is 48.5 Å². The first-order valence-corrected chi connectivity index (χ1v) is 9.92. The highest BCUT2D eigenvalue weighted by molar-refractivity contribution is 6.30. The second-order valence-corrected chi connectivity index (χ2v) is 7.55. The van der Waals surface area contributed by atoms with Gasteiger partial charge in [-0.2, -0.15) is 0 Å². The highest BCUT2D eigenvalue weighted by Crippen LogP contribution is 2.28. The number of benzene rings is 2. The van der Waals surface area contributed by atoms with Gasteiger partial charge in [-0.3, -0.25) is 9.80 Å². The Balaban J connectivity index is 1.60. The van der Waals surface area contributed by atoms with Gasteiger partial charge in [-0.05, 0) is 35.4 Å². The van der Waals surface area contributed by atoms with Gasteiger partial charge in [-0.25, -0.2) is 0 Å². The van der Waals surface area contributed by atoms with E-state index in [0.717, 1.165) is 60.4 Å². The van der Waals surface area contributed by atoms with Crippen molar-refractivity contribution in [3.05, 3.63) is 69.7 Å². The zero-order valence-corrected chi connectivity index (χ0v) is 16.8. The lowest BCUT2D eigenvalue weighted by atomic mass is 10.0. The summed E-state index contributed by atoms with van der Waals surface area (Å²) in [5.74, 6) is 2.72. The van der Waals surface area contributed by atoms with Gasteiger partial charge in [-0.15, -0.1) is 6.42 Å². The van der Waals surface area contributed by atoms with Crippen molar-refractivity contribution in [1.82, 2.24) is 9.80 Å². The number of hydrogen-bond donors (Lipinski definition) is 0. The molecule has 0 aliphatic carbocycles. The molecule has 142 valence electrons. The van der Waals surface area contributed by atoms with E-state index in [2.05, 4.69) is 15.7 Å². The van der Waals surface area contributed by atoms with Crippen LogP contribution in [0.2, 0.25) is 10.0 Å². The van der Waals surface area contributed by atoms with Crippen LogP contribution in [0, 0.1) is 12.3 Å². The molecule has 3 rings (SSSR count). The summed E-state index contributed by atoms with van der Waals surface area (Å²) >= 11 is 12.1. The maximum atomic E-state index is 6.30. The van der Waals surface area contributed by atoms with Crippen LogP contribution < -0.4 is 0 Å². The lowest BCUT2D eigenvalue weighted by molar-refractivity contribution is 0.0470. The molecule has 1 heterocycles. The summed E-state index contributed by atoms with van der Waals surface area (Å²) in [6.07, 6.45) is 5.26. The highest BCUT2D eigenvalue weighted by atomic mass is 35.5. The fourth-order valence-corrected chi connectivity index (χ4v) is 3.51. The summed E-state index contributed by atoms with van der Waals surface area (Å²) < 4.78 is 6.30. The Morgan fingerprint density at radius 1 is 0.852 bits per heavy atom. The third kappa shape index (κ3) is 5.97. The third-order valence-electron chi connectivity index (χ3n) is 4.82. The molecular formula is C22H24Cl2N2O. The smallest absolute Gasteiger partial charge is 0.108 e. The number of nitrogens with zero attached hydrogens (tertiary/aromatic N) is 2. The molecule has 0 spiro atoms. The lowest BCUT2D eigenvalue weighted by Gasteiger charge is -2.33. The summed E-state index contributed by atoms with van der Waals surface area (Å²) in [5.41, 5.74) is 2.17. The second kappa shape index (κ2) is 10.1. The summed E-state index contributed by atoms with van der Waals surface area (Å²) in [4.78, 5) is 4.73. The molecule has 5 heteroatoms. The Kier molecular flexibility index (Phi) is 7.58. The van der Waals surface area contributed by atoms with Crippen LogP contribution in [0.1, 0.15) is 17.2 Å². The fourth-order valence-electron chi connectivity index (χ4n) is 3.26. The van der Waals surface area contributed by atoms with E-state index >= 15 is 0 Å². The summed E-state index contributed by atoms with van der Waals surface area (Å²) in [5, 5.41) is 1.44. The maximum absolute atomic E-state index is 6.30. The number of piperazine rings is 1. The van der Waals surface area contributed by atoms with Crippen molar-refractivity contribution < 1.29 is 4.74 Å². The van der Waals surface area contributed by atoms with Gasteiger partial charge in [0.1, 0.15) is 6.10 Å². The number of halogens is 2. The molecule has 0 amide bonds. The first kappa shape index (κ1) is 20.2. The summed E-state index contributed by atoms with van der Waals surface area (Å²) in [7, 11) is 0. The third-order valence-corrected chi connectivity index (χ3v) is 5.32. The van der Waals surface area contributed by atoms with Crippen LogP contribution >= 0.6 is 23.2 Å². The fraction of sp³-hybridized carbons (Fsp3) is 0.364. The second-order valence-electron chi connectivity index (χ2n) is 6.68. The molecule has 0 unspecified atom stereocenters. The van der Waals surface area contributed by atoms with Crippen molar-refractivity contribution in [2.45, 2.75) is 6.10 Å². The van der Waals surface area contributed by atoms with Gasteiger partial charge in [0.05, 0.1) is 13.2 Å². The van der Waals surface area contributed by atoms with Crippen molar-refractivity contribution in [3.8, 4) is 12.3 Å². The molecule has 1 aliphatic heterocycles. The van der Waals surface area contributed by atoms with Crippen LogP contribution in [-0.4, -0.2) is 55.7 Å². The normalized spacial score (nSPS) is 15.8. The molecule has 0 saturated carbocycles. The molecule has 27 heavy (non-hydrogen) atoms. The van der Waals surface area contributed by atoms with Crippen LogP contribution in [0.15, 0.2) is 48.5 Å². The summed E-state index contributed by atoms with van der Waals surface area (Å²) in [6, 6.07) is 15.6. The first-order chi connectivity index (χ1) is 13.2. The molecule has 0 radical (unpaired) electrons. The largest absolute Gasteiger partial charge is 0.367 e. The topological polar surface area (TPSA) is 15.7 Å². The predicted molar refractivity (Wildman–Crippen MR) is 112 cm³/mol. The van der Waals surface area contributed by atoms with E-state index in [9.17, 15) is 0 Å². The Labute approximate surface area is 171 Å². The van der Waals surface area contributed by atoms with Crippen molar-refractivity contribution >= 4 is 23.2 Å². The van der Waals surface area contributed by atoms with Gasteiger partial charge in [-0.1, -0.05) is 53.4 Å². The van der Waals surface area contributed by atoms with E-state index in [4.69, 9.17) is 34.4 Å². The van der Waals surface area contributed by atoms with Crippen LogP contribution in [0.5, 0.6) is 0 Å². The number of terminal acetylenes is 1. The van der Waals surface area contributed by atoms with Crippen LogP contribution in [0.4, 0.5) is 0 Å². The van der Waals surface area contributed by atoms with E-state index in [-0.39, 0.29) is 6.10 Å². The number of hydrogen-bond acceptors (Lipinski definition) is 3. The van der Waals surface area contributed by atoms with Crippen LogP contribution in [-0.2, 0) is 4.74 Å². The van der Waals surface area contributed by atoms with Crippen molar-refractivity contribution in [2.24, 2.45) is 0 Å². The van der Waals surface area contributed by atoms with E-state index in [1.165, 1.54) is 0 Å². The molecule has 1 saturated heterocycles. The predicted octanol–water partition coefficient (Wildman–Crippen LogP) is 4.35. The molecule has 2 aromatic carbocycles. The van der Waals surface area contributed by atoms with Gasteiger partial charge in [0, 0.05) is 42.8 Å². The zero-order chi connectivity index (χ0) is 19.1. The number of rotatable bonds is 7. The van der Waals surface area contributed by atoms with E-state index in [0.29, 0.717) is 6.61 Å². The molecule has 0 bridgehead atoms. The molecule has 2 aromatic rings. The van der Waals surface area contributed by atoms with Crippen molar-refractivity contribution in [1.29, 1.82) is 0 Å². The minimum absolute atomic E-state index is 0.137. The minimum atomic E-state index is -0.137. The molecule has 0 N–H and O–H groups in total. The molecule has 3 nitrogen and oxygen atoms in total. The monoisotopic (exact) mass is 402 g/mol. The first-order valence-electron chi connectivity index (χ1n) is 9.16. The van der Waals surface area contributed by atoms with Gasteiger partial charge >= 0.3 is 0 Å². The molecule has 0 aromatic heterocycles. The summed E-state index contributed by atoms with van der Waals surface area (Å²) in [6.45, 7) is 6.38. The van der Waals surface area contributed by atoms with Crippen LogP contribution in [0.3, 0.4) is 0 Å². The average Bonchev–Trinajstić information content (AvgIpc) is 2.69. The van der Waals surface area contributed by atoms with Gasteiger partial charge < -0.3 is 4.74 Å². The van der Waals surface area contributed by atoms with Crippen LogP contribution in [0.25, 0.3) is 0 Å². The Morgan fingerprint density at radius 2 is 1.33 bits per heavy atom. The Hall–Kier alpha value is -1.54. The van der Waals surface area contributed by atoms with Gasteiger partial charge in [0.15, 0.2) is 0 Å². The molecule has 1 aliphatic rings. The standard InChI is InChI=1S/C22H24Cl2N2O/c1-2-11-25-12-14-26(15-13-25)16-17-27-22(18-3-7-20(23)8-4-18)19-5-9-21(24)10-6-19/h1,3-10,22H,11-17H2. The van der Waals surface area contributed by atoms with E-state index in [1.54, 1.807) is 0 Å². The zero-order valence-electron chi connectivity index (χ0n) is 15.3. The Morgan fingerprint density at radius 3 is 1.81 bits per heavy atom. The maximum Gasteiger partial charge on any atom is 0.108 e. The number of ether oxygens (including phenoxy) is 1. The Bertz CT molecular complexity index is 702. The minimum Gasteiger partial charge on any atom is -0.367 e.